The predicted octanol–water partition coefficient (Wildman–Crippen LogP) is 1.34. The molecule has 0 saturated carbocycles. The van der Waals surface area contributed by atoms with Gasteiger partial charge in [0.15, 0.2) is 11.5 Å². The number of hydrogen-bond donors (Lipinski definition) is 2. The minimum absolute atomic E-state index is 0.00558. The van der Waals surface area contributed by atoms with Crippen molar-refractivity contribution in [3.05, 3.63) is 63.1 Å². The summed E-state index contributed by atoms with van der Waals surface area (Å²) >= 11 is 0. The summed E-state index contributed by atoms with van der Waals surface area (Å²) in [4.78, 5) is 38.0. The lowest BCUT2D eigenvalue weighted by atomic mass is 9.76. The molecule has 158 valence electrons. The van der Waals surface area contributed by atoms with Gasteiger partial charge in [-0.05, 0) is 13.0 Å². The fourth-order valence-corrected chi connectivity index (χ4v) is 3.71. The highest BCUT2D eigenvalue weighted by Gasteiger charge is 2.50. The molecule has 2 aromatic rings. The van der Waals surface area contributed by atoms with Crippen LogP contribution in [0, 0.1) is 17.0 Å². The Morgan fingerprint density at radius 2 is 2.13 bits per heavy atom. The molecule has 0 spiro atoms. The van der Waals surface area contributed by atoms with Crippen LogP contribution in [-0.2, 0) is 22.6 Å². The minimum Gasteiger partial charge on any atom is -0.503 e. The molecule has 8 nitrogen and oxygen atoms in total. The van der Waals surface area contributed by atoms with Crippen LogP contribution in [0.15, 0.2) is 29.2 Å². The first-order chi connectivity index (χ1) is 14.2. The van der Waals surface area contributed by atoms with E-state index in [4.69, 9.17) is 9.47 Å². The van der Waals surface area contributed by atoms with E-state index < -0.39 is 51.6 Å². The van der Waals surface area contributed by atoms with Gasteiger partial charge < -0.3 is 24.5 Å². The van der Waals surface area contributed by atoms with Gasteiger partial charge in [-0.3, -0.25) is 14.4 Å². The Morgan fingerprint density at radius 3 is 2.87 bits per heavy atom. The highest BCUT2D eigenvalue weighted by atomic mass is 19.1. The van der Waals surface area contributed by atoms with E-state index in [1.54, 1.807) is 6.92 Å². The van der Waals surface area contributed by atoms with Crippen LogP contribution in [0.3, 0.4) is 0 Å². The highest BCUT2D eigenvalue weighted by molar-refractivity contribution is 6.03. The van der Waals surface area contributed by atoms with Crippen LogP contribution in [0.1, 0.15) is 33.3 Å². The molecule has 2 N–H and O–H groups in total. The van der Waals surface area contributed by atoms with Gasteiger partial charge in [0.2, 0.25) is 5.43 Å². The van der Waals surface area contributed by atoms with Crippen molar-refractivity contribution in [3.63, 3.8) is 0 Å². The number of nitrogens with one attached hydrogen (secondary N) is 1. The maximum absolute atomic E-state index is 13.7. The van der Waals surface area contributed by atoms with Gasteiger partial charge in [-0.1, -0.05) is 6.07 Å². The van der Waals surface area contributed by atoms with E-state index in [0.29, 0.717) is 6.07 Å². The quantitative estimate of drug-likeness (QED) is 0.776. The number of halogens is 2. The second kappa shape index (κ2) is 7.29. The van der Waals surface area contributed by atoms with E-state index >= 15 is 0 Å². The van der Waals surface area contributed by atoms with Crippen LogP contribution in [0.4, 0.5) is 8.78 Å². The molecule has 4 rings (SSSR count). The standard InChI is InChI=1S/C20H18F2N2O6/c1-20-8-29-9-30-14(20)7-24-6-12(16(25)17(26)15(24)18(20)27)19(28)23-5-10-2-3-11(21)4-13(10)22/h2-4,6,14,26H,5,7-9H2,1H3,(H,23,28). The average molecular weight is 420 g/mol. The number of carbonyl (C=O) groups excluding carboxylic acids is 2. The Labute approximate surface area is 169 Å². The summed E-state index contributed by atoms with van der Waals surface area (Å²) in [6.45, 7) is 1.54. The van der Waals surface area contributed by atoms with E-state index in [2.05, 4.69) is 5.32 Å². The zero-order chi connectivity index (χ0) is 21.6. The highest BCUT2D eigenvalue weighted by Crippen LogP contribution is 2.38. The Balaban J connectivity index is 1.64. The molecule has 2 aliphatic rings. The number of ketones is 1. The molecule has 10 heteroatoms. The summed E-state index contributed by atoms with van der Waals surface area (Å²) in [5.74, 6) is -3.84. The number of carbonyl (C=O) groups is 2. The summed E-state index contributed by atoms with van der Waals surface area (Å²) in [6.07, 6.45) is 0.613. The first-order valence-electron chi connectivity index (χ1n) is 9.15. The van der Waals surface area contributed by atoms with Gasteiger partial charge in [0.25, 0.3) is 5.91 Å². The van der Waals surface area contributed by atoms with Crippen molar-refractivity contribution in [3.8, 4) is 5.75 Å². The summed E-state index contributed by atoms with van der Waals surface area (Å²) in [6, 6.07) is 2.89. The van der Waals surface area contributed by atoms with E-state index in [9.17, 15) is 28.3 Å². The number of nitrogens with zero attached hydrogens (tertiary/aromatic N) is 1. The molecule has 30 heavy (non-hydrogen) atoms. The third kappa shape index (κ3) is 3.17. The number of Topliss-reactive ketones (excluding diaryl/α,β-unsaturated/α-hetero) is 1. The monoisotopic (exact) mass is 420 g/mol. The second-order valence-corrected chi connectivity index (χ2v) is 7.51. The van der Waals surface area contributed by atoms with E-state index in [-0.39, 0.29) is 37.7 Å². The van der Waals surface area contributed by atoms with Crippen LogP contribution in [0.5, 0.6) is 5.75 Å². The normalized spacial score (nSPS) is 22.9. The van der Waals surface area contributed by atoms with Crippen LogP contribution in [0.2, 0.25) is 0 Å². The molecule has 1 aromatic heterocycles. The van der Waals surface area contributed by atoms with Gasteiger partial charge in [0, 0.05) is 24.4 Å². The van der Waals surface area contributed by atoms with Crippen LogP contribution in [0.25, 0.3) is 0 Å². The molecular formula is C20H18F2N2O6. The number of pyridine rings is 1. The maximum atomic E-state index is 13.7. The number of benzene rings is 1. The number of ether oxygens (including phenoxy) is 2. The van der Waals surface area contributed by atoms with Crippen LogP contribution < -0.4 is 10.7 Å². The predicted molar refractivity (Wildman–Crippen MR) is 98.0 cm³/mol. The van der Waals surface area contributed by atoms with Crippen LogP contribution >= 0.6 is 0 Å². The molecular weight excluding hydrogens is 402 g/mol. The fourth-order valence-electron chi connectivity index (χ4n) is 3.71. The Kier molecular flexibility index (Phi) is 4.91. The number of aromatic nitrogens is 1. The molecule has 2 aliphatic heterocycles. The molecule has 2 unspecified atom stereocenters. The zero-order valence-corrected chi connectivity index (χ0v) is 15.9. The lowest BCUT2D eigenvalue weighted by molar-refractivity contribution is -0.195. The van der Waals surface area contributed by atoms with Crippen LogP contribution in [-0.4, -0.2) is 40.9 Å². The third-order valence-electron chi connectivity index (χ3n) is 5.52. The molecule has 1 aromatic carbocycles. The third-order valence-corrected chi connectivity index (χ3v) is 5.52. The molecule has 1 fully saturated rings. The largest absolute Gasteiger partial charge is 0.503 e. The van der Waals surface area contributed by atoms with Crippen molar-refractivity contribution in [1.29, 1.82) is 0 Å². The molecule has 2 atom stereocenters. The average Bonchev–Trinajstić information content (AvgIpc) is 2.70. The molecule has 0 bridgehead atoms. The van der Waals surface area contributed by atoms with Crippen molar-refractivity contribution < 1.29 is 33.0 Å². The minimum atomic E-state index is -1.06. The van der Waals surface area contributed by atoms with Gasteiger partial charge in [-0.25, -0.2) is 8.78 Å². The first kappa shape index (κ1) is 20.2. The fraction of sp³-hybridized carbons (Fsp3) is 0.350. The molecule has 3 heterocycles. The van der Waals surface area contributed by atoms with Crippen molar-refractivity contribution in [2.24, 2.45) is 5.41 Å². The van der Waals surface area contributed by atoms with E-state index in [1.807, 2.05) is 0 Å². The zero-order valence-electron chi connectivity index (χ0n) is 15.9. The molecule has 0 radical (unpaired) electrons. The lowest BCUT2D eigenvalue weighted by Crippen LogP contribution is -2.55. The summed E-state index contributed by atoms with van der Waals surface area (Å²) in [7, 11) is 0. The summed E-state index contributed by atoms with van der Waals surface area (Å²) in [5.41, 5.74) is -2.69. The Bertz CT molecular complexity index is 1120. The van der Waals surface area contributed by atoms with Crippen molar-refractivity contribution in [2.45, 2.75) is 26.1 Å². The maximum Gasteiger partial charge on any atom is 0.257 e. The number of fused-ring (bicyclic) bond motifs is 2. The van der Waals surface area contributed by atoms with E-state index in [1.165, 1.54) is 16.8 Å². The Morgan fingerprint density at radius 1 is 1.37 bits per heavy atom. The Hall–Kier alpha value is -3.11. The summed E-state index contributed by atoms with van der Waals surface area (Å²) in [5, 5.41) is 12.8. The van der Waals surface area contributed by atoms with Crippen molar-refractivity contribution in [1.82, 2.24) is 9.88 Å². The number of aromatic hydroxyl groups is 1. The van der Waals surface area contributed by atoms with Gasteiger partial charge in [0.05, 0.1) is 24.7 Å². The number of hydrogen-bond acceptors (Lipinski definition) is 6. The van der Waals surface area contributed by atoms with Gasteiger partial charge >= 0.3 is 0 Å². The van der Waals surface area contributed by atoms with Gasteiger partial charge in [0.1, 0.15) is 29.7 Å². The molecule has 1 saturated heterocycles. The summed E-state index contributed by atoms with van der Waals surface area (Å²) < 4.78 is 38.8. The topological polar surface area (TPSA) is 107 Å². The first-order valence-corrected chi connectivity index (χ1v) is 9.15. The second-order valence-electron chi connectivity index (χ2n) is 7.51. The number of rotatable bonds is 3. The molecule has 0 aliphatic carbocycles. The molecule has 1 amide bonds. The van der Waals surface area contributed by atoms with E-state index in [0.717, 1.165) is 6.07 Å². The van der Waals surface area contributed by atoms with Crippen molar-refractivity contribution >= 4 is 11.7 Å². The van der Waals surface area contributed by atoms with Gasteiger partial charge in [-0.2, -0.15) is 0 Å². The van der Waals surface area contributed by atoms with Crippen molar-refractivity contribution in [2.75, 3.05) is 13.4 Å². The number of amides is 1. The SMILES string of the molecule is CC12COCOC1Cn1cc(C(=O)NCc3ccc(F)cc3F)c(=O)c(O)c1C2=O. The smallest absolute Gasteiger partial charge is 0.257 e. The van der Waals surface area contributed by atoms with Gasteiger partial charge in [-0.15, -0.1) is 0 Å². The lowest BCUT2D eigenvalue weighted by Gasteiger charge is -2.43.